The van der Waals surface area contributed by atoms with Gasteiger partial charge in [0.1, 0.15) is 5.69 Å². The Labute approximate surface area is 121 Å². The van der Waals surface area contributed by atoms with Crippen molar-refractivity contribution in [2.24, 2.45) is 5.84 Å². The molecule has 11 heteroatoms. The van der Waals surface area contributed by atoms with Crippen molar-refractivity contribution in [1.82, 2.24) is 0 Å². The van der Waals surface area contributed by atoms with Crippen molar-refractivity contribution >= 4 is 5.69 Å². The zero-order valence-electron chi connectivity index (χ0n) is 10.5. The van der Waals surface area contributed by atoms with Gasteiger partial charge in [0.05, 0.1) is 11.1 Å². The Morgan fingerprint density at radius 1 is 0.435 bits per heavy atom. The summed E-state index contributed by atoms with van der Waals surface area (Å²) in [5.74, 6) is -17.6. The first-order valence-electron chi connectivity index (χ1n) is 5.49. The summed E-state index contributed by atoms with van der Waals surface area (Å²) < 4.78 is 121. The molecule has 0 aliphatic rings. The molecule has 3 N–H and O–H groups in total. The van der Waals surface area contributed by atoms with Crippen molar-refractivity contribution in [1.29, 1.82) is 0 Å². The summed E-state index contributed by atoms with van der Waals surface area (Å²) in [6.45, 7) is 0. The van der Waals surface area contributed by atoms with Crippen LogP contribution in [0.25, 0.3) is 11.1 Å². The summed E-state index contributed by atoms with van der Waals surface area (Å²) in [6, 6.07) is 0. The Kier molecular flexibility index (Phi) is 4.16. The van der Waals surface area contributed by atoms with Crippen molar-refractivity contribution in [3.63, 3.8) is 0 Å². The van der Waals surface area contributed by atoms with Crippen LogP contribution in [0.3, 0.4) is 0 Å². The van der Waals surface area contributed by atoms with E-state index in [1.54, 1.807) is 0 Å². The standard InChI is InChI=1S/C12H3F9N2/c13-3-1(4(14)8(18)9(19)7(3)17)2-5(15)10(20)12(23-22)11(21)6(2)16/h23H,22H2. The molecule has 0 heterocycles. The van der Waals surface area contributed by atoms with E-state index in [4.69, 9.17) is 0 Å². The molecular weight excluding hydrogens is 343 g/mol. The average molecular weight is 346 g/mol. The van der Waals surface area contributed by atoms with E-state index in [1.165, 1.54) is 5.43 Å². The first-order valence-corrected chi connectivity index (χ1v) is 5.49. The maximum absolute atomic E-state index is 13.8. The van der Waals surface area contributed by atoms with Crippen LogP contribution in [-0.4, -0.2) is 0 Å². The van der Waals surface area contributed by atoms with Crippen LogP contribution >= 0.6 is 0 Å². The molecular formula is C12H3F9N2. The number of nitrogen functional groups attached to an aromatic ring is 1. The average Bonchev–Trinajstić information content (AvgIpc) is 2.53. The second-order valence-electron chi connectivity index (χ2n) is 4.10. The number of hydrogen-bond donors (Lipinski definition) is 2. The highest BCUT2D eigenvalue weighted by Crippen LogP contribution is 2.38. The monoisotopic (exact) mass is 346 g/mol. The molecule has 0 aliphatic carbocycles. The summed E-state index contributed by atoms with van der Waals surface area (Å²) in [7, 11) is 0. The van der Waals surface area contributed by atoms with E-state index in [0.29, 0.717) is 0 Å². The minimum atomic E-state index is -2.63. The quantitative estimate of drug-likeness (QED) is 0.285. The molecule has 0 radical (unpaired) electrons. The first-order chi connectivity index (χ1) is 10.6. The lowest BCUT2D eigenvalue weighted by Gasteiger charge is -2.13. The molecule has 0 aromatic heterocycles. The molecule has 23 heavy (non-hydrogen) atoms. The fourth-order valence-corrected chi connectivity index (χ4v) is 1.80. The predicted molar refractivity (Wildman–Crippen MR) is 59.3 cm³/mol. The van der Waals surface area contributed by atoms with Crippen molar-refractivity contribution in [3.05, 3.63) is 52.4 Å². The molecule has 0 amide bonds. The van der Waals surface area contributed by atoms with Gasteiger partial charge in [-0.25, -0.2) is 39.5 Å². The van der Waals surface area contributed by atoms with Gasteiger partial charge in [0.15, 0.2) is 46.5 Å². The van der Waals surface area contributed by atoms with Gasteiger partial charge in [0.2, 0.25) is 5.82 Å². The first kappa shape index (κ1) is 16.9. The molecule has 2 nitrogen and oxygen atoms in total. The van der Waals surface area contributed by atoms with E-state index >= 15 is 0 Å². The van der Waals surface area contributed by atoms with E-state index in [1.807, 2.05) is 0 Å². The third-order valence-corrected chi connectivity index (χ3v) is 2.87. The Morgan fingerprint density at radius 2 is 0.696 bits per heavy atom. The van der Waals surface area contributed by atoms with E-state index in [9.17, 15) is 39.5 Å². The van der Waals surface area contributed by atoms with Gasteiger partial charge >= 0.3 is 0 Å². The van der Waals surface area contributed by atoms with E-state index in [-0.39, 0.29) is 0 Å². The zero-order valence-corrected chi connectivity index (χ0v) is 10.5. The van der Waals surface area contributed by atoms with Crippen LogP contribution < -0.4 is 11.3 Å². The van der Waals surface area contributed by atoms with E-state index in [0.717, 1.165) is 0 Å². The molecule has 0 unspecified atom stereocenters. The van der Waals surface area contributed by atoms with Gasteiger partial charge < -0.3 is 5.43 Å². The predicted octanol–water partition coefficient (Wildman–Crippen LogP) is 3.89. The summed E-state index contributed by atoms with van der Waals surface area (Å²) in [5.41, 5.74) is -4.53. The maximum Gasteiger partial charge on any atom is 0.200 e. The maximum atomic E-state index is 13.8. The van der Waals surface area contributed by atoms with Gasteiger partial charge in [0, 0.05) is 0 Å². The highest BCUT2D eigenvalue weighted by atomic mass is 19.2. The van der Waals surface area contributed by atoms with Crippen molar-refractivity contribution in [2.75, 3.05) is 5.43 Å². The molecule has 2 aromatic rings. The number of hydrogen-bond acceptors (Lipinski definition) is 2. The highest BCUT2D eigenvalue weighted by Gasteiger charge is 2.34. The van der Waals surface area contributed by atoms with Crippen LogP contribution in [0.5, 0.6) is 0 Å². The molecule has 2 rings (SSSR count). The fourth-order valence-electron chi connectivity index (χ4n) is 1.80. The molecule has 0 saturated heterocycles. The summed E-state index contributed by atoms with van der Waals surface area (Å²) in [5, 5.41) is 0. The van der Waals surface area contributed by atoms with Gasteiger partial charge in [-0.05, 0) is 0 Å². The third-order valence-electron chi connectivity index (χ3n) is 2.87. The number of halogens is 9. The molecule has 0 fully saturated rings. The second kappa shape index (κ2) is 5.65. The number of nitrogens with one attached hydrogen (secondary N) is 1. The van der Waals surface area contributed by atoms with Gasteiger partial charge in [0.25, 0.3) is 0 Å². The van der Waals surface area contributed by atoms with E-state index in [2.05, 4.69) is 5.84 Å². The van der Waals surface area contributed by atoms with Crippen LogP contribution in [0.1, 0.15) is 0 Å². The van der Waals surface area contributed by atoms with Crippen LogP contribution in [0.2, 0.25) is 0 Å². The summed E-state index contributed by atoms with van der Waals surface area (Å²) in [4.78, 5) is 0. The number of anilines is 1. The molecule has 0 spiro atoms. The normalized spacial score (nSPS) is 11.0. The molecule has 0 aliphatic heterocycles. The molecule has 0 atom stereocenters. The number of benzene rings is 2. The third kappa shape index (κ3) is 2.27. The minimum absolute atomic E-state index is 1.26. The molecule has 0 bridgehead atoms. The lowest BCUT2D eigenvalue weighted by Crippen LogP contribution is -2.15. The van der Waals surface area contributed by atoms with Crippen molar-refractivity contribution in [2.45, 2.75) is 0 Å². The smallest absolute Gasteiger partial charge is 0.200 e. The van der Waals surface area contributed by atoms with Crippen LogP contribution in [0.4, 0.5) is 45.2 Å². The van der Waals surface area contributed by atoms with Crippen LogP contribution in [0.15, 0.2) is 0 Å². The Bertz CT molecular complexity index is 761. The summed E-state index contributed by atoms with van der Waals surface area (Å²) >= 11 is 0. The molecule has 124 valence electrons. The largest absolute Gasteiger partial charge is 0.319 e. The summed E-state index contributed by atoms with van der Waals surface area (Å²) in [6.07, 6.45) is 0. The van der Waals surface area contributed by atoms with Gasteiger partial charge in [-0.3, -0.25) is 5.84 Å². The van der Waals surface area contributed by atoms with Crippen molar-refractivity contribution in [3.8, 4) is 11.1 Å². The van der Waals surface area contributed by atoms with Gasteiger partial charge in [-0.15, -0.1) is 0 Å². The lowest BCUT2D eigenvalue weighted by molar-refractivity contribution is 0.379. The Morgan fingerprint density at radius 3 is 1.00 bits per heavy atom. The second-order valence-corrected chi connectivity index (χ2v) is 4.10. The van der Waals surface area contributed by atoms with E-state index < -0.39 is 69.2 Å². The topological polar surface area (TPSA) is 38.0 Å². The fraction of sp³-hybridized carbons (Fsp3) is 0. The molecule has 2 aromatic carbocycles. The number of rotatable bonds is 2. The Hall–Kier alpha value is -2.43. The number of nitrogens with two attached hydrogens (primary N) is 1. The zero-order chi connectivity index (χ0) is 17.6. The van der Waals surface area contributed by atoms with Crippen LogP contribution in [0, 0.1) is 52.4 Å². The SMILES string of the molecule is NNc1c(F)c(F)c(-c2c(F)c(F)c(F)c(F)c2F)c(F)c1F. The minimum Gasteiger partial charge on any atom is -0.319 e. The van der Waals surface area contributed by atoms with Crippen molar-refractivity contribution < 1.29 is 39.5 Å². The lowest BCUT2D eigenvalue weighted by atomic mass is 10.0. The number of hydrazine groups is 1. The van der Waals surface area contributed by atoms with Gasteiger partial charge in [-0.1, -0.05) is 0 Å². The molecule has 0 saturated carbocycles. The highest BCUT2D eigenvalue weighted by molar-refractivity contribution is 5.70. The van der Waals surface area contributed by atoms with Crippen LogP contribution in [-0.2, 0) is 0 Å². The Balaban J connectivity index is 3.01. The van der Waals surface area contributed by atoms with Gasteiger partial charge in [-0.2, -0.15) is 0 Å².